The van der Waals surface area contributed by atoms with Crippen LogP contribution in [0.15, 0.2) is 12.2 Å². The molecule has 0 unspecified atom stereocenters. The van der Waals surface area contributed by atoms with Crippen molar-refractivity contribution in [3.05, 3.63) is 23.8 Å². The highest BCUT2D eigenvalue weighted by molar-refractivity contribution is 5.17. The molecular weight excluding hydrogens is 164 g/mol. The molecule has 4 nitrogen and oxygen atoms in total. The number of aryl methyl sites for hydroxylation is 1. The lowest BCUT2D eigenvalue weighted by molar-refractivity contribution is 0.431. The van der Waals surface area contributed by atoms with Crippen LogP contribution in [0.1, 0.15) is 24.5 Å². The Bertz CT molecular complexity index is 342. The van der Waals surface area contributed by atoms with Gasteiger partial charge in [-0.2, -0.15) is 0 Å². The van der Waals surface area contributed by atoms with Crippen LogP contribution in [0.2, 0.25) is 0 Å². The van der Waals surface area contributed by atoms with E-state index in [2.05, 4.69) is 22.3 Å². The summed E-state index contributed by atoms with van der Waals surface area (Å²) in [7, 11) is 1.96. The number of nitrogens with two attached hydrogens (primary N) is 1. The maximum absolute atomic E-state index is 6.21. The Morgan fingerprint density at radius 2 is 2.00 bits per heavy atom. The number of aromatic nitrogens is 3. The van der Waals surface area contributed by atoms with Gasteiger partial charge in [0.05, 0.1) is 5.54 Å². The molecular formula is C9H14N4. The van der Waals surface area contributed by atoms with Crippen molar-refractivity contribution in [2.75, 3.05) is 0 Å². The van der Waals surface area contributed by atoms with E-state index in [1.54, 1.807) is 0 Å². The van der Waals surface area contributed by atoms with Gasteiger partial charge in [0, 0.05) is 7.05 Å². The number of nitrogens with zero attached hydrogens (tertiary/aromatic N) is 3. The SMILES string of the molecule is Cc1nnc(C2(N)CC=CC2)n1C. The maximum Gasteiger partial charge on any atom is 0.153 e. The van der Waals surface area contributed by atoms with Crippen LogP contribution in [0.25, 0.3) is 0 Å². The monoisotopic (exact) mass is 178 g/mol. The molecule has 1 aliphatic carbocycles. The molecule has 0 amide bonds. The molecule has 0 radical (unpaired) electrons. The van der Waals surface area contributed by atoms with Crippen LogP contribution >= 0.6 is 0 Å². The second-order valence-corrected chi connectivity index (χ2v) is 3.67. The highest BCUT2D eigenvalue weighted by Crippen LogP contribution is 2.30. The zero-order valence-corrected chi connectivity index (χ0v) is 7.99. The summed E-state index contributed by atoms with van der Waals surface area (Å²) in [5.41, 5.74) is 5.89. The lowest BCUT2D eigenvalue weighted by Crippen LogP contribution is -2.36. The highest BCUT2D eigenvalue weighted by Gasteiger charge is 2.33. The van der Waals surface area contributed by atoms with Crippen molar-refractivity contribution in [2.24, 2.45) is 12.8 Å². The first-order valence-electron chi connectivity index (χ1n) is 4.44. The molecule has 0 aliphatic heterocycles. The Kier molecular flexibility index (Phi) is 1.73. The van der Waals surface area contributed by atoms with E-state index >= 15 is 0 Å². The fourth-order valence-corrected chi connectivity index (χ4v) is 1.69. The summed E-state index contributed by atoms with van der Waals surface area (Å²) in [5, 5.41) is 8.13. The third-order valence-electron chi connectivity index (χ3n) is 2.67. The summed E-state index contributed by atoms with van der Waals surface area (Å²) in [6.07, 6.45) is 5.92. The molecule has 1 aliphatic rings. The van der Waals surface area contributed by atoms with Crippen LogP contribution < -0.4 is 5.73 Å². The van der Waals surface area contributed by atoms with Gasteiger partial charge in [-0.25, -0.2) is 0 Å². The van der Waals surface area contributed by atoms with Gasteiger partial charge >= 0.3 is 0 Å². The summed E-state index contributed by atoms with van der Waals surface area (Å²) < 4.78 is 1.97. The van der Waals surface area contributed by atoms with Crippen LogP contribution in [0.4, 0.5) is 0 Å². The topological polar surface area (TPSA) is 56.7 Å². The Hall–Kier alpha value is -1.16. The summed E-state index contributed by atoms with van der Waals surface area (Å²) in [5.74, 6) is 1.79. The van der Waals surface area contributed by atoms with Gasteiger partial charge in [-0.1, -0.05) is 12.2 Å². The van der Waals surface area contributed by atoms with E-state index in [-0.39, 0.29) is 5.54 Å². The molecule has 0 spiro atoms. The minimum absolute atomic E-state index is 0.323. The van der Waals surface area contributed by atoms with Crippen LogP contribution in [0.5, 0.6) is 0 Å². The van der Waals surface area contributed by atoms with E-state index in [1.165, 1.54) is 0 Å². The summed E-state index contributed by atoms with van der Waals surface area (Å²) >= 11 is 0. The molecule has 0 saturated carbocycles. The predicted octanol–water partition coefficient (Wildman–Crippen LogP) is 0.628. The normalized spacial score (nSPS) is 19.6. The smallest absolute Gasteiger partial charge is 0.153 e. The molecule has 0 saturated heterocycles. The molecule has 0 bridgehead atoms. The first-order chi connectivity index (χ1) is 6.13. The van der Waals surface area contributed by atoms with Crippen molar-refractivity contribution in [2.45, 2.75) is 25.3 Å². The molecule has 2 rings (SSSR count). The first-order valence-corrected chi connectivity index (χ1v) is 4.44. The van der Waals surface area contributed by atoms with E-state index in [4.69, 9.17) is 5.73 Å². The molecule has 2 N–H and O–H groups in total. The summed E-state index contributed by atoms with van der Waals surface area (Å²) in [6, 6.07) is 0. The molecule has 13 heavy (non-hydrogen) atoms. The quantitative estimate of drug-likeness (QED) is 0.642. The van der Waals surface area contributed by atoms with Gasteiger partial charge in [-0.05, 0) is 19.8 Å². The van der Waals surface area contributed by atoms with Crippen molar-refractivity contribution in [1.82, 2.24) is 14.8 Å². The Balaban J connectivity index is 2.40. The summed E-state index contributed by atoms with van der Waals surface area (Å²) in [6.45, 7) is 1.93. The molecule has 0 aromatic carbocycles. The molecule has 70 valence electrons. The second kappa shape index (κ2) is 2.67. The maximum atomic E-state index is 6.21. The van der Waals surface area contributed by atoms with Gasteiger partial charge in [0.25, 0.3) is 0 Å². The van der Waals surface area contributed by atoms with E-state index in [0.717, 1.165) is 24.5 Å². The average Bonchev–Trinajstić information content (AvgIpc) is 2.63. The Morgan fingerprint density at radius 1 is 1.38 bits per heavy atom. The number of rotatable bonds is 1. The van der Waals surface area contributed by atoms with Crippen molar-refractivity contribution in [1.29, 1.82) is 0 Å². The van der Waals surface area contributed by atoms with Gasteiger partial charge < -0.3 is 10.3 Å². The zero-order chi connectivity index (χ0) is 9.47. The minimum Gasteiger partial charge on any atom is -0.318 e. The molecule has 4 heteroatoms. The van der Waals surface area contributed by atoms with Gasteiger partial charge in [-0.15, -0.1) is 10.2 Å². The second-order valence-electron chi connectivity index (χ2n) is 3.67. The lowest BCUT2D eigenvalue weighted by Gasteiger charge is -2.21. The first kappa shape index (κ1) is 8.44. The van der Waals surface area contributed by atoms with Gasteiger partial charge in [0.2, 0.25) is 0 Å². The van der Waals surface area contributed by atoms with Crippen molar-refractivity contribution in [3.63, 3.8) is 0 Å². The number of hydrogen-bond acceptors (Lipinski definition) is 3. The molecule has 0 atom stereocenters. The van der Waals surface area contributed by atoms with E-state index in [1.807, 2.05) is 18.5 Å². The van der Waals surface area contributed by atoms with Gasteiger partial charge in [0.1, 0.15) is 5.82 Å². The van der Waals surface area contributed by atoms with Crippen molar-refractivity contribution < 1.29 is 0 Å². The largest absolute Gasteiger partial charge is 0.318 e. The van der Waals surface area contributed by atoms with E-state index in [0.29, 0.717) is 0 Å². The summed E-state index contributed by atoms with van der Waals surface area (Å²) in [4.78, 5) is 0. The fourth-order valence-electron chi connectivity index (χ4n) is 1.69. The van der Waals surface area contributed by atoms with Crippen LogP contribution in [0, 0.1) is 6.92 Å². The van der Waals surface area contributed by atoms with Gasteiger partial charge in [0.15, 0.2) is 5.82 Å². The third kappa shape index (κ3) is 1.18. The highest BCUT2D eigenvalue weighted by atomic mass is 15.3. The fraction of sp³-hybridized carbons (Fsp3) is 0.556. The third-order valence-corrected chi connectivity index (χ3v) is 2.67. The molecule has 1 aromatic rings. The Morgan fingerprint density at radius 3 is 2.46 bits per heavy atom. The zero-order valence-electron chi connectivity index (χ0n) is 7.99. The standard InChI is InChI=1S/C9H14N4/c1-7-11-12-8(13(7)2)9(10)5-3-4-6-9/h3-4H,5-6,10H2,1-2H3. The van der Waals surface area contributed by atoms with Crippen molar-refractivity contribution >= 4 is 0 Å². The van der Waals surface area contributed by atoms with E-state index < -0.39 is 0 Å². The molecule has 1 aromatic heterocycles. The van der Waals surface area contributed by atoms with Crippen LogP contribution in [-0.4, -0.2) is 14.8 Å². The van der Waals surface area contributed by atoms with Crippen LogP contribution in [-0.2, 0) is 12.6 Å². The van der Waals surface area contributed by atoms with Crippen LogP contribution in [0.3, 0.4) is 0 Å². The lowest BCUT2D eigenvalue weighted by atomic mass is 9.97. The van der Waals surface area contributed by atoms with Crippen molar-refractivity contribution in [3.8, 4) is 0 Å². The molecule has 0 fully saturated rings. The average molecular weight is 178 g/mol. The molecule has 1 heterocycles. The van der Waals surface area contributed by atoms with Gasteiger partial charge in [-0.3, -0.25) is 0 Å². The predicted molar refractivity (Wildman–Crippen MR) is 50.0 cm³/mol. The van der Waals surface area contributed by atoms with E-state index in [9.17, 15) is 0 Å². The number of hydrogen-bond donors (Lipinski definition) is 1. The minimum atomic E-state index is -0.323. The Labute approximate surface area is 77.5 Å².